The number of thiophene rings is 1. The molecule has 5 heteroatoms. The van der Waals surface area contributed by atoms with Crippen molar-refractivity contribution in [1.82, 2.24) is 4.98 Å². The van der Waals surface area contributed by atoms with Gasteiger partial charge in [-0.1, -0.05) is 42.5 Å². The zero-order chi connectivity index (χ0) is 16.8. The van der Waals surface area contributed by atoms with Crippen LogP contribution in [0.25, 0.3) is 10.9 Å². The minimum absolute atomic E-state index is 0.268. The highest BCUT2D eigenvalue weighted by Gasteiger charge is 2.17. The number of hydrogen-bond acceptors (Lipinski definition) is 4. The predicted molar refractivity (Wildman–Crippen MR) is 98.0 cm³/mol. The van der Waals surface area contributed by atoms with E-state index in [0.29, 0.717) is 10.4 Å². The van der Waals surface area contributed by atoms with E-state index in [9.17, 15) is 8.42 Å². The number of nitrogens with zero attached hydrogens (tertiary/aromatic N) is 1. The smallest absolute Gasteiger partial charge is 0.206 e. The maximum Gasteiger partial charge on any atom is 0.206 e. The lowest BCUT2D eigenvalue weighted by Crippen LogP contribution is -2.01. The minimum atomic E-state index is -3.47. The predicted octanol–water partition coefficient (Wildman–Crippen LogP) is 4.82. The van der Waals surface area contributed by atoms with Gasteiger partial charge in [-0.15, -0.1) is 0 Å². The Morgan fingerprint density at radius 2 is 1.50 bits per heavy atom. The largest absolute Gasteiger partial charge is 0.256 e. The molecule has 0 amide bonds. The van der Waals surface area contributed by atoms with Crippen molar-refractivity contribution in [2.75, 3.05) is 0 Å². The molecule has 0 saturated heterocycles. The summed E-state index contributed by atoms with van der Waals surface area (Å²) in [6, 6.07) is 21.2. The van der Waals surface area contributed by atoms with Crippen molar-refractivity contribution in [1.29, 1.82) is 0 Å². The Labute approximate surface area is 145 Å². The third-order valence-electron chi connectivity index (χ3n) is 3.37. The molecule has 0 aliphatic rings. The van der Waals surface area contributed by atoms with Gasteiger partial charge in [0.1, 0.15) is 0 Å². The SMILES string of the molecule is O=S(=O)(c1ccccc1)c1ccc2cccnc2c1.c1ccsc1. The molecule has 2 aromatic heterocycles. The van der Waals surface area contributed by atoms with Crippen molar-refractivity contribution >= 4 is 32.1 Å². The molecule has 2 aromatic carbocycles. The Kier molecular flexibility index (Phi) is 5.03. The third-order valence-corrected chi connectivity index (χ3v) is 5.76. The van der Waals surface area contributed by atoms with Crippen LogP contribution < -0.4 is 0 Å². The molecule has 0 aliphatic heterocycles. The Morgan fingerprint density at radius 1 is 0.750 bits per heavy atom. The van der Waals surface area contributed by atoms with Crippen molar-refractivity contribution in [3.05, 3.63) is 89.8 Å². The molecule has 0 N–H and O–H groups in total. The van der Waals surface area contributed by atoms with Crippen LogP contribution in [0.1, 0.15) is 0 Å². The lowest BCUT2D eigenvalue weighted by Gasteiger charge is -2.05. The van der Waals surface area contributed by atoms with E-state index >= 15 is 0 Å². The van der Waals surface area contributed by atoms with Gasteiger partial charge in [0.2, 0.25) is 9.84 Å². The summed E-state index contributed by atoms with van der Waals surface area (Å²) in [5.74, 6) is 0. The summed E-state index contributed by atoms with van der Waals surface area (Å²) in [4.78, 5) is 4.75. The van der Waals surface area contributed by atoms with Crippen molar-refractivity contribution in [2.45, 2.75) is 9.79 Å². The molecule has 2 heterocycles. The van der Waals surface area contributed by atoms with Gasteiger partial charge >= 0.3 is 0 Å². The van der Waals surface area contributed by atoms with E-state index in [1.165, 1.54) is 0 Å². The standard InChI is InChI=1S/C15H11NO2S.C4H4S/c17-19(18,13-6-2-1-3-7-13)14-9-8-12-5-4-10-16-15(12)11-14;1-2-4-5-3-1/h1-11H;1-4H. The van der Waals surface area contributed by atoms with E-state index < -0.39 is 9.84 Å². The fourth-order valence-electron chi connectivity index (χ4n) is 2.18. The van der Waals surface area contributed by atoms with Gasteiger partial charge < -0.3 is 0 Å². The molecule has 0 saturated carbocycles. The van der Waals surface area contributed by atoms with E-state index in [1.807, 2.05) is 35.0 Å². The van der Waals surface area contributed by atoms with Crippen molar-refractivity contribution in [3.8, 4) is 0 Å². The molecule has 0 radical (unpaired) electrons. The first-order valence-electron chi connectivity index (χ1n) is 7.30. The molecule has 0 aliphatic carbocycles. The van der Waals surface area contributed by atoms with Gasteiger partial charge in [-0.3, -0.25) is 4.98 Å². The van der Waals surface area contributed by atoms with E-state index in [1.54, 1.807) is 66.1 Å². The molecule has 24 heavy (non-hydrogen) atoms. The highest BCUT2D eigenvalue weighted by atomic mass is 32.2. The zero-order valence-electron chi connectivity index (χ0n) is 12.7. The fourth-order valence-corrected chi connectivity index (χ4v) is 3.93. The normalized spacial score (nSPS) is 10.8. The first-order valence-corrected chi connectivity index (χ1v) is 9.72. The average molecular weight is 353 g/mol. The first kappa shape index (κ1) is 16.4. The number of benzene rings is 2. The lowest BCUT2D eigenvalue weighted by atomic mass is 10.2. The minimum Gasteiger partial charge on any atom is -0.256 e. The molecule has 4 rings (SSSR count). The van der Waals surface area contributed by atoms with Crippen LogP contribution in [0.15, 0.2) is 99.5 Å². The van der Waals surface area contributed by atoms with Crippen LogP contribution in [0.3, 0.4) is 0 Å². The maximum absolute atomic E-state index is 12.4. The molecule has 4 aromatic rings. The van der Waals surface area contributed by atoms with Crippen LogP contribution in [-0.2, 0) is 9.84 Å². The van der Waals surface area contributed by atoms with Crippen molar-refractivity contribution in [3.63, 3.8) is 0 Å². The summed E-state index contributed by atoms with van der Waals surface area (Å²) in [5, 5.41) is 5.01. The van der Waals surface area contributed by atoms with Crippen LogP contribution in [0.5, 0.6) is 0 Å². The van der Waals surface area contributed by atoms with Crippen LogP contribution in [0, 0.1) is 0 Å². The summed E-state index contributed by atoms with van der Waals surface area (Å²) >= 11 is 1.71. The molecule has 0 bridgehead atoms. The summed E-state index contributed by atoms with van der Waals surface area (Å²) in [7, 11) is -3.47. The van der Waals surface area contributed by atoms with Crippen molar-refractivity contribution in [2.24, 2.45) is 0 Å². The summed E-state index contributed by atoms with van der Waals surface area (Å²) in [5.41, 5.74) is 0.680. The van der Waals surface area contributed by atoms with E-state index in [-0.39, 0.29) is 4.90 Å². The second-order valence-corrected chi connectivity index (χ2v) is 7.73. The quantitative estimate of drug-likeness (QED) is 0.519. The Morgan fingerprint density at radius 3 is 2.17 bits per heavy atom. The van der Waals surface area contributed by atoms with Gasteiger partial charge in [0.15, 0.2) is 0 Å². The number of rotatable bonds is 2. The van der Waals surface area contributed by atoms with Crippen LogP contribution in [0.4, 0.5) is 0 Å². The molecule has 0 atom stereocenters. The number of sulfone groups is 1. The molecular weight excluding hydrogens is 338 g/mol. The molecule has 0 fully saturated rings. The molecule has 120 valence electrons. The number of pyridine rings is 1. The van der Waals surface area contributed by atoms with E-state index in [4.69, 9.17) is 0 Å². The summed E-state index contributed by atoms with van der Waals surface area (Å²) in [6.45, 7) is 0. The topological polar surface area (TPSA) is 47.0 Å². The number of aromatic nitrogens is 1. The Hall–Kier alpha value is -2.50. The number of hydrogen-bond donors (Lipinski definition) is 0. The summed E-state index contributed by atoms with van der Waals surface area (Å²) in [6.07, 6.45) is 1.65. The average Bonchev–Trinajstić information content (AvgIpc) is 3.22. The maximum atomic E-state index is 12.4. The lowest BCUT2D eigenvalue weighted by molar-refractivity contribution is 0.596. The second-order valence-electron chi connectivity index (χ2n) is 4.97. The highest BCUT2D eigenvalue weighted by molar-refractivity contribution is 7.91. The Balaban J connectivity index is 0.000000290. The van der Waals surface area contributed by atoms with Crippen LogP contribution in [0.2, 0.25) is 0 Å². The monoisotopic (exact) mass is 353 g/mol. The van der Waals surface area contributed by atoms with Gasteiger partial charge in [-0.05, 0) is 41.1 Å². The zero-order valence-corrected chi connectivity index (χ0v) is 14.4. The fraction of sp³-hybridized carbons (Fsp3) is 0. The molecule has 0 spiro atoms. The molecular formula is C19H15NO2S2. The van der Waals surface area contributed by atoms with E-state index in [0.717, 1.165) is 5.39 Å². The summed E-state index contributed by atoms with van der Waals surface area (Å²) < 4.78 is 24.9. The third kappa shape index (κ3) is 3.69. The van der Waals surface area contributed by atoms with Gasteiger partial charge in [0, 0.05) is 11.6 Å². The van der Waals surface area contributed by atoms with Crippen LogP contribution in [-0.4, -0.2) is 13.4 Å². The van der Waals surface area contributed by atoms with Gasteiger partial charge in [-0.2, -0.15) is 11.3 Å². The number of fused-ring (bicyclic) bond motifs is 1. The second kappa shape index (κ2) is 7.38. The highest BCUT2D eigenvalue weighted by Crippen LogP contribution is 2.23. The van der Waals surface area contributed by atoms with Crippen molar-refractivity contribution < 1.29 is 8.42 Å². The van der Waals surface area contributed by atoms with Gasteiger partial charge in [0.05, 0.1) is 15.3 Å². The van der Waals surface area contributed by atoms with Gasteiger partial charge in [-0.25, -0.2) is 8.42 Å². The molecule has 3 nitrogen and oxygen atoms in total. The van der Waals surface area contributed by atoms with E-state index in [2.05, 4.69) is 4.98 Å². The van der Waals surface area contributed by atoms with Gasteiger partial charge in [0.25, 0.3) is 0 Å². The Bertz CT molecular complexity index is 994. The van der Waals surface area contributed by atoms with Crippen LogP contribution >= 0.6 is 11.3 Å². The molecule has 0 unspecified atom stereocenters. The first-order chi connectivity index (χ1) is 11.7.